The van der Waals surface area contributed by atoms with Gasteiger partial charge in [0.05, 0.1) is 13.3 Å². The predicted octanol–water partition coefficient (Wildman–Crippen LogP) is 1.19. The third-order valence-electron chi connectivity index (χ3n) is 2.03. The third kappa shape index (κ3) is 3.49. The Morgan fingerprint density at radius 3 is 2.89 bits per heavy atom. The van der Waals surface area contributed by atoms with Crippen molar-refractivity contribution < 1.29 is 14.6 Å². The summed E-state index contributed by atoms with van der Waals surface area (Å²) in [6, 6.07) is 4.66. The third-order valence-corrected chi connectivity index (χ3v) is 2.53. The normalized spacial score (nSPS) is 11.8. The maximum absolute atomic E-state index is 11.3. The molecular formula is C11H13N3O3S. The van der Waals surface area contributed by atoms with Gasteiger partial charge in [0.1, 0.15) is 11.3 Å². The van der Waals surface area contributed by atoms with Gasteiger partial charge in [0.2, 0.25) is 0 Å². The number of phenols is 1. The number of carbonyl (C=O) groups excluding carboxylic acids is 1. The van der Waals surface area contributed by atoms with Gasteiger partial charge in [-0.3, -0.25) is 0 Å². The van der Waals surface area contributed by atoms with Crippen LogP contribution in [-0.4, -0.2) is 35.8 Å². The Balaban J connectivity index is 3.01. The molecule has 96 valence electrons. The molecule has 0 bridgehead atoms. The lowest BCUT2D eigenvalue weighted by atomic mass is 10.1. The van der Waals surface area contributed by atoms with Crippen molar-refractivity contribution in [2.24, 2.45) is 15.9 Å². The van der Waals surface area contributed by atoms with Gasteiger partial charge in [-0.1, -0.05) is 17.8 Å². The molecule has 0 aromatic heterocycles. The van der Waals surface area contributed by atoms with Gasteiger partial charge in [-0.15, -0.1) is 5.10 Å². The van der Waals surface area contributed by atoms with Crippen molar-refractivity contribution in [3.05, 3.63) is 29.3 Å². The molecule has 0 unspecified atom stereocenters. The van der Waals surface area contributed by atoms with Crippen LogP contribution in [0.25, 0.3) is 0 Å². The van der Waals surface area contributed by atoms with E-state index in [4.69, 9.17) is 5.73 Å². The quantitative estimate of drug-likeness (QED) is 0.371. The maximum atomic E-state index is 11.3. The van der Waals surface area contributed by atoms with E-state index >= 15 is 0 Å². The molecule has 6 nitrogen and oxygen atoms in total. The van der Waals surface area contributed by atoms with Gasteiger partial charge in [-0.05, 0) is 18.4 Å². The number of esters is 1. The molecule has 3 N–H and O–H groups in total. The number of aromatic hydroxyl groups is 1. The van der Waals surface area contributed by atoms with Crippen LogP contribution in [-0.2, 0) is 4.74 Å². The Hall–Kier alpha value is -2.02. The Kier molecular flexibility index (Phi) is 5.19. The van der Waals surface area contributed by atoms with E-state index in [1.807, 2.05) is 0 Å². The number of nitrogens with zero attached hydrogens (tertiary/aromatic N) is 2. The fraction of sp³-hybridized carbons (Fsp3) is 0.182. The van der Waals surface area contributed by atoms with Gasteiger partial charge >= 0.3 is 5.97 Å². The molecule has 0 atom stereocenters. The summed E-state index contributed by atoms with van der Waals surface area (Å²) in [5.41, 5.74) is 5.87. The Bertz CT molecular complexity index is 500. The lowest BCUT2D eigenvalue weighted by Crippen LogP contribution is -2.04. The van der Waals surface area contributed by atoms with Crippen LogP contribution < -0.4 is 5.73 Å². The Morgan fingerprint density at radius 2 is 2.28 bits per heavy atom. The summed E-state index contributed by atoms with van der Waals surface area (Å²) in [4.78, 5) is 11.3. The molecular weight excluding hydrogens is 254 g/mol. The summed E-state index contributed by atoms with van der Waals surface area (Å²) >= 11 is 1.25. The highest BCUT2D eigenvalue weighted by Crippen LogP contribution is 2.21. The number of thioether (sulfide) groups is 1. The molecule has 1 aromatic carbocycles. The van der Waals surface area contributed by atoms with Crippen LogP contribution in [0.5, 0.6) is 5.75 Å². The van der Waals surface area contributed by atoms with Crippen LogP contribution in [0.1, 0.15) is 15.9 Å². The minimum Gasteiger partial charge on any atom is -0.506 e. The number of rotatable bonds is 3. The molecule has 0 saturated heterocycles. The molecule has 0 saturated carbocycles. The van der Waals surface area contributed by atoms with E-state index < -0.39 is 5.97 Å². The average Bonchev–Trinajstić information content (AvgIpc) is 2.39. The second-order valence-corrected chi connectivity index (χ2v) is 3.95. The molecule has 0 aliphatic rings. The van der Waals surface area contributed by atoms with E-state index in [1.165, 1.54) is 31.2 Å². The van der Waals surface area contributed by atoms with Crippen molar-refractivity contribution in [2.75, 3.05) is 13.4 Å². The van der Waals surface area contributed by atoms with Crippen molar-refractivity contribution >= 4 is 29.1 Å². The van der Waals surface area contributed by atoms with Gasteiger partial charge in [-0.25, -0.2) is 4.79 Å². The number of phenolic OH excluding ortho intramolecular Hbond substituents is 1. The molecule has 0 aliphatic heterocycles. The summed E-state index contributed by atoms with van der Waals surface area (Å²) in [5, 5.41) is 17.5. The fourth-order valence-corrected chi connectivity index (χ4v) is 1.26. The van der Waals surface area contributed by atoms with E-state index in [9.17, 15) is 9.90 Å². The first-order valence-electron chi connectivity index (χ1n) is 4.91. The molecule has 0 amide bonds. The van der Waals surface area contributed by atoms with Crippen LogP contribution in [0.15, 0.2) is 28.4 Å². The van der Waals surface area contributed by atoms with Crippen LogP contribution in [0.4, 0.5) is 0 Å². The highest BCUT2D eigenvalue weighted by molar-refractivity contribution is 8.13. The molecule has 0 aliphatic carbocycles. The van der Waals surface area contributed by atoms with Gasteiger partial charge in [0.25, 0.3) is 0 Å². The molecule has 0 fully saturated rings. The minimum absolute atomic E-state index is 0.0725. The number of hydrogen-bond donors (Lipinski definition) is 2. The second kappa shape index (κ2) is 6.65. The summed E-state index contributed by atoms with van der Waals surface area (Å²) in [7, 11) is 1.24. The SMILES string of the molecule is COC(=O)c1cccc(C=NN=C(N)SC)c1O. The summed E-state index contributed by atoms with van der Waals surface area (Å²) < 4.78 is 4.54. The van der Waals surface area contributed by atoms with Crippen molar-refractivity contribution in [1.82, 2.24) is 0 Å². The molecule has 0 spiro atoms. The fourth-order valence-electron chi connectivity index (χ4n) is 1.13. The van der Waals surface area contributed by atoms with Crippen LogP contribution in [0.3, 0.4) is 0 Å². The van der Waals surface area contributed by atoms with Crippen LogP contribution in [0, 0.1) is 0 Å². The van der Waals surface area contributed by atoms with Crippen molar-refractivity contribution in [3.8, 4) is 5.75 Å². The smallest absolute Gasteiger partial charge is 0.341 e. The van der Waals surface area contributed by atoms with E-state index in [0.29, 0.717) is 10.7 Å². The Labute approximate surface area is 109 Å². The van der Waals surface area contributed by atoms with E-state index in [1.54, 1.807) is 18.4 Å². The number of benzene rings is 1. The summed E-state index contributed by atoms with van der Waals surface area (Å²) in [6.07, 6.45) is 3.08. The van der Waals surface area contributed by atoms with Crippen molar-refractivity contribution in [1.29, 1.82) is 0 Å². The van der Waals surface area contributed by atoms with Gasteiger partial charge in [-0.2, -0.15) is 5.10 Å². The molecule has 7 heteroatoms. The average molecular weight is 267 g/mol. The first-order valence-corrected chi connectivity index (χ1v) is 6.13. The number of methoxy groups -OCH3 is 1. The van der Waals surface area contributed by atoms with E-state index in [0.717, 1.165) is 0 Å². The molecule has 1 rings (SSSR count). The maximum Gasteiger partial charge on any atom is 0.341 e. The van der Waals surface area contributed by atoms with E-state index in [-0.39, 0.29) is 11.3 Å². The standard InChI is InChI=1S/C11H13N3O3S/c1-17-10(16)8-5-3-4-7(9(8)15)6-13-14-11(12)18-2/h3-6,15H,1-2H3,(H2,12,14). The van der Waals surface area contributed by atoms with Crippen molar-refractivity contribution in [2.45, 2.75) is 0 Å². The zero-order valence-corrected chi connectivity index (χ0v) is 10.8. The van der Waals surface area contributed by atoms with Crippen LogP contribution in [0.2, 0.25) is 0 Å². The minimum atomic E-state index is -0.616. The largest absolute Gasteiger partial charge is 0.506 e. The number of hydrogen-bond acceptors (Lipinski definition) is 6. The lowest BCUT2D eigenvalue weighted by molar-refractivity contribution is 0.0597. The first kappa shape index (κ1) is 14.0. The number of carbonyl (C=O) groups is 1. The monoisotopic (exact) mass is 267 g/mol. The topological polar surface area (TPSA) is 97.3 Å². The predicted molar refractivity (Wildman–Crippen MR) is 72.2 cm³/mol. The first-order chi connectivity index (χ1) is 8.60. The summed E-state index contributed by atoms with van der Waals surface area (Å²) in [5.74, 6) is -0.819. The second-order valence-electron chi connectivity index (χ2n) is 3.12. The molecule has 0 heterocycles. The van der Waals surface area contributed by atoms with Crippen LogP contribution >= 0.6 is 11.8 Å². The number of amidine groups is 1. The van der Waals surface area contributed by atoms with Gasteiger partial charge in [0, 0.05) is 5.56 Å². The number of ether oxygens (including phenoxy) is 1. The number of para-hydroxylation sites is 1. The summed E-state index contributed by atoms with van der Waals surface area (Å²) in [6.45, 7) is 0. The highest BCUT2D eigenvalue weighted by Gasteiger charge is 2.13. The zero-order chi connectivity index (χ0) is 13.5. The highest BCUT2D eigenvalue weighted by atomic mass is 32.2. The van der Waals surface area contributed by atoms with E-state index in [2.05, 4.69) is 14.9 Å². The molecule has 1 aromatic rings. The molecule has 18 heavy (non-hydrogen) atoms. The van der Waals surface area contributed by atoms with Gasteiger partial charge in [0.15, 0.2) is 5.17 Å². The van der Waals surface area contributed by atoms with Gasteiger partial charge < -0.3 is 15.6 Å². The zero-order valence-electron chi connectivity index (χ0n) is 9.95. The Morgan fingerprint density at radius 1 is 1.56 bits per heavy atom. The lowest BCUT2D eigenvalue weighted by Gasteiger charge is -2.04. The number of nitrogens with two attached hydrogens (primary N) is 1. The van der Waals surface area contributed by atoms with Crippen molar-refractivity contribution in [3.63, 3.8) is 0 Å². The molecule has 0 radical (unpaired) electrons.